The lowest BCUT2D eigenvalue weighted by atomic mass is 9.98. The summed E-state index contributed by atoms with van der Waals surface area (Å²) in [4.78, 5) is 48.5. The van der Waals surface area contributed by atoms with Crippen LogP contribution in [-0.2, 0) is 23.9 Å². The van der Waals surface area contributed by atoms with Crippen LogP contribution in [0.4, 0.5) is 0 Å². The van der Waals surface area contributed by atoms with Crippen molar-refractivity contribution in [1.82, 2.24) is 10.6 Å². The number of ether oxygens (including phenoxy) is 1. The van der Waals surface area contributed by atoms with E-state index in [9.17, 15) is 24.3 Å². The third-order valence-electron chi connectivity index (χ3n) is 7.57. The Hall–Kier alpha value is -1.34. The van der Waals surface area contributed by atoms with Gasteiger partial charge < -0.3 is 36.7 Å². The fourth-order valence-electron chi connectivity index (χ4n) is 4.90. The third kappa shape index (κ3) is 24.9. The molecule has 2 amide bonds. The zero-order chi connectivity index (χ0) is 32.7. The summed E-state index contributed by atoms with van der Waals surface area (Å²) in [6.07, 6.45) is 19.5. The van der Waals surface area contributed by atoms with Gasteiger partial charge in [-0.1, -0.05) is 98.6 Å². The SMILES string of the molecule is COCC(C=O)(CCSSCCC(NC(=O)CCCCCCCCCCN)C(=O)O)NC(=O)CCCCCCCCCCN. The number of nitrogens with two attached hydrogens (primary N) is 2. The average Bonchev–Trinajstić information content (AvgIpc) is 3.00. The lowest BCUT2D eigenvalue weighted by Crippen LogP contribution is -2.53. The molecule has 10 nitrogen and oxygen atoms in total. The van der Waals surface area contributed by atoms with Crippen LogP contribution in [0.2, 0.25) is 0 Å². The fourth-order valence-corrected chi connectivity index (χ4v) is 7.16. The fraction of sp³-hybridized carbons (Fsp3) is 0.875. The van der Waals surface area contributed by atoms with Gasteiger partial charge in [0.15, 0.2) is 0 Å². The Morgan fingerprint density at radius 2 is 1.20 bits per heavy atom. The molecule has 0 aliphatic carbocycles. The standard InChI is InChI=1S/C32H62N4O6S2/c1-42-27-32(26-37,36-30(39)19-15-11-7-3-5-9-13-17-23-34)21-25-44-43-24-20-28(31(40)41)35-29(38)18-14-10-6-2-4-8-12-16-22-33/h26,28H,2-25,27,33-34H2,1H3,(H,35,38)(H,36,39)(H,40,41). The number of carboxylic acid groups (broad SMARTS) is 1. The molecule has 44 heavy (non-hydrogen) atoms. The van der Waals surface area contributed by atoms with Crippen LogP contribution in [0.1, 0.15) is 128 Å². The Labute approximate surface area is 274 Å². The van der Waals surface area contributed by atoms with E-state index in [1.165, 1.54) is 73.6 Å². The van der Waals surface area contributed by atoms with Crippen molar-refractivity contribution >= 4 is 45.7 Å². The van der Waals surface area contributed by atoms with E-state index in [1.807, 2.05) is 0 Å². The van der Waals surface area contributed by atoms with Gasteiger partial charge in [-0.25, -0.2) is 4.79 Å². The summed E-state index contributed by atoms with van der Waals surface area (Å²) in [5.41, 5.74) is 9.94. The van der Waals surface area contributed by atoms with Gasteiger partial charge in [-0.15, -0.1) is 0 Å². The van der Waals surface area contributed by atoms with Crippen LogP contribution in [0.5, 0.6) is 0 Å². The second-order valence-corrected chi connectivity index (χ2v) is 14.3. The van der Waals surface area contributed by atoms with Gasteiger partial charge in [0.05, 0.1) is 6.61 Å². The van der Waals surface area contributed by atoms with Crippen LogP contribution in [-0.4, -0.2) is 79.1 Å². The first-order chi connectivity index (χ1) is 21.3. The Morgan fingerprint density at radius 1 is 0.750 bits per heavy atom. The van der Waals surface area contributed by atoms with Crippen molar-refractivity contribution in [3.63, 3.8) is 0 Å². The zero-order valence-electron chi connectivity index (χ0n) is 27.3. The molecule has 0 spiro atoms. The van der Waals surface area contributed by atoms with Crippen molar-refractivity contribution in [2.45, 2.75) is 140 Å². The van der Waals surface area contributed by atoms with Crippen molar-refractivity contribution in [3.8, 4) is 0 Å². The predicted molar refractivity (Wildman–Crippen MR) is 184 cm³/mol. The highest BCUT2D eigenvalue weighted by Crippen LogP contribution is 2.26. The highest BCUT2D eigenvalue weighted by atomic mass is 33.1. The molecule has 7 N–H and O–H groups in total. The van der Waals surface area contributed by atoms with E-state index in [1.54, 1.807) is 0 Å². The number of carboxylic acids is 1. The van der Waals surface area contributed by atoms with Crippen LogP contribution in [0.15, 0.2) is 0 Å². The van der Waals surface area contributed by atoms with Gasteiger partial charge in [0, 0.05) is 31.5 Å². The van der Waals surface area contributed by atoms with E-state index in [-0.39, 0.29) is 18.4 Å². The maximum Gasteiger partial charge on any atom is 0.326 e. The number of aldehydes is 1. The highest BCUT2D eigenvalue weighted by Gasteiger charge is 2.31. The summed E-state index contributed by atoms with van der Waals surface area (Å²) in [6, 6.07) is -0.920. The smallest absolute Gasteiger partial charge is 0.326 e. The largest absolute Gasteiger partial charge is 0.480 e. The van der Waals surface area contributed by atoms with Crippen LogP contribution < -0.4 is 22.1 Å². The van der Waals surface area contributed by atoms with Crippen LogP contribution in [0, 0.1) is 0 Å². The van der Waals surface area contributed by atoms with Crippen LogP contribution in [0.3, 0.4) is 0 Å². The second kappa shape index (κ2) is 30.3. The molecule has 0 saturated carbocycles. The second-order valence-electron chi connectivity index (χ2n) is 11.6. The Morgan fingerprint density at radius 3 is 1.66 bits per heavy atom. The third-order valence-corrected chi connectivity index (χ3v) is 10.0. The number of amides is 2. The highest BCUT2D eigenvalue weighted by molar-refractivity contribution is 8.76. The molecule has 0 radical (unpaired) electrons. The molecular formula is C32H62N4O6S2. The molecule has 0 rings (SSSR count). The van der Waals surface area contributed by atoms with E-state index in [0.717, 1.165) is 77.2 Å². The molecule has 2 unspecified atom stereocenters. The number of unbranched alkanes of at least 4 members (excludes halogenated alkanes) is 14. The molecule has 0 aromatic rings. The van der Waals surface area contributed by atoms with Gasteiger partial charge in [-0.2, -0.15) is 0 Å². The lowest BCUT2D eigenvalue weighted by molar-refractivity contribution is -0.141. The summed E-state index contributed by atoms with van der Waals surface area (Å²) in [7, 11) is 4.52. The van der Waals surface area contributed by atoms with Crippen molar-refractivity contribution in [2.24, 2.45) is 11.5 Å². The molecular weight excluding hydrogens is 601 g/mol. The van der Waals surface area contributed by atoms with E-state index < -0.39 is 17.6 Å². The lowest BCUT2D eigenvalue weighted by Gasteiger charge is -2.28. The van der Waals surface area contributed by atoms with Gasteiger partial charge in [0.1, 0.15) is 17.9 Å². The maximum atomic E-state index is 12.6. The average molecular weight is 663 g/mol. The summed E-state index contributed by atoms with van der Waals surface area (Å²) in [5.74, 6) is -0.291. The number of aliphatic carboxylic acids is 1. The minimum Gasteiger partial charge on any atom is -0.480 e. The summed E-state index contributed by atoms with van der Waals surface area (Å²) >= 11 is 0. The molecule has 2 atom stereocenters. The van der Waals surface area contributed by atoms with Crippen molar-refractivity contribution in [3.05, 3.63) is 0 Å². The Bertz CT molecular complexity index is 750. The Balaban J connectivity index is 4.22. The van der Waals surface area contributed by atoms with Gasteiger partial charge in [-0.05, 0) is 51.6 Å². The first-order valence-corrected chi connectivity index (χ1v) is 19.3. The van der Waals surface area contributed by atoms with E-state index >= 15 is 0 Å². The summed E-state index contributed by atoms with van der Waals surface area (Å²) < 4.78 is 5.26. The number of rotatable bonds is 33. The number of carbonyl (C=O) groups is 4. The summed E-state index contributed by atoms with van der Waals surface area (Å²) in [5, 5.41) is 15.1. The molecule has 0 aliphatic heterocycles. The van der Waals surface area contributed by atoms with E-state index in [2.05, 4.69) is 10.6 Å². The van der Waals surface area contributed by atoms with Gasteiger partial charge in [-0.3, -0.25) is 9.59 Å². The van der Waals surface area contributed by atoms with E-state index in [0.29, 0.717) is 37.2 Å². The summed E-state index contributed by atoms with van der Waals surface area (Å²) in [6.45, 7) is 1.60. The molecule has 12 heteroatoms. The number of hydrogen-bond acceptors (Lipinski definition) is 9. The number of methoxy groups -OCH3 is 1. The zero-order valence-corrected chi connectivity index (χ0v) is 28.9. The molecule has 0 aromatic carbocycles. The molecule has 0 fully saturated rings. The number of nitrogens with one attached hydrogen (secondary N) is 2. The van der Waals surface area contributed by atoms with Crippen LogP contribution in [0.25, 0.3) is 0 Å². The maximum absolute atomic E-state index is 12.6. The predicted octanol–water partition coefficient (Wildman–Crippen LogP) is 5.36. The molecule has 0 bridgehead atoms. The number of carbonyl (C=O) groups excluding carboxylic acids is 3. The molecule has 258 valence electrons. The van der Waals surface area contributed by atoms with Gasteiger partial charge >= 0.3 is 5.97 Å². The molecule has 0 aliphatic rings. The first kappa shape index (κ1) is 42.7. The normalized spacial score (nSPS) is 13.2. The van der Waals surface area contributed by atoms with E-state index in [4.69, 9.17) is 16.2 Å². The molecule has 0 saturated heterocycles. The van der Waals surface area contributed by atoms with Crippen molar-refractivity contribution < 1.29 is 29.0 Å². The van der Waals surface area contributed by atoms with Gasteiger partial charge in [0.25, 0.3) is 0 Å². The van der Waals surface area contributed by atoms with Crippen LogP contribution >= 0.6 is 21.6 Å². The molecule has 0 aromatic heterocycles. The van der Waals surface area contributed by atoms with Crippen molar-refractivity contribution in [2.75, 3.05) is 38.3 Å². The molecule has 0 heterocycles. The minimum atomic E-state index is -1.08. The Kier molecular flexibility index (Phi) is 29.4. The minimum absolute atomic E-state index is 0.0954. The number of hydrogen-bond donors (Lipinski definition) is 5. The van der Waals surface area contributed by atoms with Crippen molar-refractivity contribution in [1.29, 1.82) is 0 Å². The van der Waals surface area contributed by atoms with Gasteiger partial charge in [0.2, 0.25) is 11.8 Å². The quantitative estimate of drug-likeness (QED) is 0.0350. The monoisotopic (exact) mass is 662 g/mol. The first-order valence-electron chi connectivity index (χ1n) is 16.8. The topological polar surface area (TPSA) is 174 Å².